The summed E-state index contributed by atoms with van der Waals surface area (Å²) in [5.41, 5.74) is 0.984. The normalized spacial score (nSPS) is 10.6. The number of benzene rings is 1. The van der Waals surface area contributed by atoms with E-state index in [9.17, 15) is 9.59 Å². The second-order valence-corrected chi connectivity index (χ2v) is 5.56. The second-order valence-electron chi connectivity index (χ2n) is 4.58. The highest BCUT2D eigenvalue weighted by Crippen LogP contribution is 2.17. The predicted octanol–water partition coefficient (Wildman–Crippen LogP) is 3.10. The Morgan fingerprint density at radius 2 is 1.90 bits per heavy atom. The van der Waals surface area contributed by atoms with Gasteiger partial charge in [0.2, 0.25) is 5.91 Å². The first kappa shape index (κ1) is 15.0. The SMILES string of the molecule is CN(C)C(=O)c1ccccc1NC(=O)C=Cc1cccs1. The van der Waals surface area contributed by atoms with E-state index in [1.54, 1.807) is 55.8 Å². The van der Waals surface area contributed by atoms with E-state index < -0.39 is 0 Å². The van der Waals surface area contributed by atoms with Crippen molar-refractivity contribution in [1.29, 1.82) is 0 Å². The summed E-state index contributed by atoms with van der Waals surface area (Å²) in [6, 6.07) is 10.8. The zero-order valence-corrected chi connectivity index (χ0v) is 12.7. The van der Waals surface area contributed by atoms with Crippen LogP contribution in [0.15, 0.2) is 47.9 Å². The molecular weight excluding hydrogens is 284 g/mol. The number of para-hydroxylation sites is 1. The zero-order chi connectivity index (χ0) is 15.2. The highest BCUT2D eigenvalue weighted by molar-refractivity contribution is 7.10. The largest absolute Gasteiger partial charge is 0.345 e. The van der Waals surface area contributed by atoms with Crippen LogP contribution in [-0.4, -0.2) is 30.8 Å². The summed E-state index contributed by atoms with van der Waals surface area (Å²) in [5, 5.41) is 4.69. The quantitative estimate of drug-likeness (QED) is 0.882. The van der Waals surface area contributed by atoms with Gasteiger partial charge in [-0.15, -0.1) is 11.3 Å². The van der Waals surface area contributed by atoms with Gasteiger partial charge in [0, 0.05) is 25.0 Å². The fourth-order valence-corrected chi connectivity index (χ4v) is 2.36. The molecule has 2 amide bonds. The number of hydrogen-bond acceptors (Lipinski definition) is 3. The first-order chi connectivity index (χ1) is 10.1. The van der Waals surface area contributed by atoms with Crippen molar-refractivity contribution < 1.29 is 9.59 Å². The van der Waals surface area contributed by atoms with E-state index in [1.807, 2.05) is 17.5 Å². The number of thiophene rings is 1. The van der Waals surface area contributed by atoms with E-state index in [2.05, 4.69) is 5.32 Å². The molecule has 0 atom stereocenters. The van der Waals surface area contributed by atoms with Crippen LogP contribution in [0.5, 0.6) is 0 Å². The van der Waals surface area contributed by atoms with Gasteiger partial charge in [-0.05, 0) is 29.7 Å². The molecule has 0 aliphatic heterocycles. The first-order valence-electron chi connectivity index (χ1n) is 6.41. The molecule has 0 aliphatic rings. The molecule has 108 valence electrons. The Kier molecular flexibility index (Phi) is 4.90. The minimum Gasteiger partial charge on any atom is -0.345 e. The third-order valence-corrected chi connectivity index (χ3v) is 3.60. The number of rotatable bonds is 4. The van der Waals surface area contributed by atoms with Gasteiger partial charge in [-0.2, -0.15) is 0 Å². The Bertz CT molecular complexity index is 661. The van der Waals surface area contributed by atoms with Crippen molar-refractivity contribution in [2.24, 2.45) is 0 Å². The molecule has 1 aromatic carbocycles. The summed E-state index contributed by atoms with van der Waals surface area (Å²) in [5.74, 6) is -0.407. The van der Waals surface area contributed by atoms with Gasteiger partial charge in [0.05, 0.1) is 11.3 Å². The lowest BCUT2D eigenvalue weighted by molar-refractivity contribution is -0.111. The molecule has 0 unspecified atom stereocenters. The maximum atomic E-state index is 12.0. The van der Waals surface area contributed by atoms with E-state index in [1.165, 1.54) is 11.0 Å². The van der Waals surface area contributed by atoms with E-state index in [-0.39, 0.29) is 11.8 Å². The van der Waals surface area contributed by atoms with Crippen molar-refractivity contribution in [2.45, 2.75) is 0 Å². The molecule has 21 heavy (non-hydrogen) atoms. The predicted molar refractivity (Wildman–Crippen MR) is 86.4 cm³/mol. The lowest BCUT2D eigenvalue weighted by Gasteiger charge is -2.14. The Balaban J connectivity index is 2.12. The van der Waals surface area contributed by atoms with Crippen LogP contribution in [0.25, 0.3) is 6.08 Å². The van der Waals surface area contributed by atoms with Crippen LogP contribution in [0.2, 0.25) is 0 Å². The van der Waals surface area contributed by atoms with Crippen molar-refractivity contribution in [1.82, 2.24) is 4.90 Å². The van der Waals surface area contributed by atoms with Crippen LogP contribution >= 0.6 is 11.3 Å². The summed E-state index contributed by atoms with van der Waals surface area (Å²) >= 11 is 1.56. The zero-order valence-electron chi connectivity index (χ0n) is 11.9. The Morgan fingerprint density at radius 1 is 1.14 bits per heavy atom. The number of carbonyl (C=O) groups excluding carboxylic acids is 2. The second kappa shape index (κ2) is 6.85. The number of nitrogens with one attached hydrogen (secondary N) is 1. The molecule has 1 heterocycles. The molecular formula is C16H16N2O2S. The van der Waals surface area contributed by atoms with Crippen molar-refractivity contribution in [3.05, 3.63) is 58.3 Å². The Hall–Kier alpha value is -2.40. The van der Waals surface area contributed by atoms with Crippen LogP contribution in [0, 0.1) is 0 Å². The van der Waals surface area contributed by atoms with Crippen LogP contribution in [-0.2, 0) is 4.79 Å². The number of amides is 2. The number of nitrogens with zero attached hydrogens (tertiary/aromatic N) is 1. The highest BCUT2D eigenvalue weighted by atomic mass is 32.1. The van der Waals surface area contributed by atoms with Gasteiger partial charge in [-0.3, -0.25) is 9.59 Å². The van der Waals surface area contributed by atoms with Gasteiger partial charge in [0.25, 0.3) is 5.91 Å². The molecule has 5 heteroatoms. The van der Waals surface area contributed by atoms with E-state index in [4.69, 9.17) is 0 Å². The summed E-state index contributed by atoms with van der Waals surface area (Å²) in [4.78, 5) is 26.5. The standard InChI is InChI=1S/C16H16N2O2S/c1-18(2)16(20)13-7-3-4-8-14(13)17-15(19)10-9-12-6-5-11-21-12/h3-11H,1-2H3,(H,17,19). The van der Waals surface area contributed by atoms with Gasteiger partial charge < -0.3 is 10.2 Å². The third-order valence-electron chi connectivity index (χ3n) is 2.76. The maximum Gasteiger partial charge on any atom is 0.255 e. The molecule has 1 aromatic heterocycles. The molecule has 1 N–H and O–H groups in total. The number of anilines is 1. The molecule has 0 saturated carbocycles. The van der Waals surface area contributed by atoms with Gasteiger partial charge in [0.1, 0.15) is 0 Å². The molecule has 4 nitrogen and oxygen atoms in total. The highest BCUT2D eigenvalue weighted by Gasteiger charge is 2.13. The first-order valence-corrected chi connectivity index (χ1v) is 7.29. The van der Waals surface area contributed by atoms with Gasteiger partial charge in [0.15, 0.2) is 0 Å². The fraction of sp³-hybridized carbons (Fsp3) is 0.125. The topological polar surface area (TPSA) is 49.4 Å². The minimum atomic E-state index is -0.262. The number of hydrogen-bond donors (Lipinski definition) is 1. The lowest BCUT2D eigenvalue weighted by Crippen LogP contribution is -2.23. The van der Waals surface area contributed by atoms with Gasteiger partial charge >= 0.3 is 0 Å². The average molecular weight is 300 g/mol. The van der Waals surface area contributed by atoms with Crippen molar-refractivity contribution >= 4 is 34.9 Å². The number of carbonyl (C=O) groups is 2. The van der Waals surface area contributed by atoms with Crippen molar-refractivity contribution in [3.63, 3.8) is 0 Å². The molecule has 0 bridgehead atoms. The van der Waals surface area contributed by atoms with E-state index in [0.717, 1.165) is 4.88 Å². The summed E-state index contributed by atoms with van der Waals surface area (Å²) in [6.45, 7) is 0. The summed E-state index contributed by atoms with van der Waals surface area (Å²) < 4.78 is 0. The Morgan fingerprint density at radius 3 is 2.57 bits per heavy atom. The van der Waals surface area contributed by atoms with E-state index in [0.29, 0.717) is 11.3 Å². The van der Waals surface area contributed by atoms with Crippen LogP contribution in [0.1, 0.15) is 15.2 Å². The minimum absolute atomic E-state index is 0.145. The Labute approximate surface area is 127 Å². The monoisotopic (exact) mass is 300 g/mol. The van der Waals surface area contributed by atoms with Gasteiger partial charge in [-0.1, -0.05) is 18.2 Å². The summed E-state index contributed by atoms with van der Waals surface area (Å²) in [6.07, 6.45) is 3.21. The average Bonchev–Trinajstić information content (AvgIpc) is 2.98. The molecule has 0 fully saturated rings. The van der Waals surface area contributed by atoms with E-state index >= 15 is 0 Å². The van der Waals surface area contributed by atoms with Crippen LogP contribution in [0.3, 0.4) is 0 Å². The molecule has 0 aliphatic carbocycles. The smallest absolute Gasteiger partial charge is 0.255 e. The molecule has 2 rings (SSSR count). The van der Waals surface area contributed by atoms with Crippen molar-refractivity contribution in [2.75, 3.05) is 19.4 Å². The third kappa shape index (κ3) is 4.03. The molecule has 0 spiro atoms. The van der Waals surface area contributed by atoms with Crippen LogP contribution < -0.4 is 5.32 Å². The summed E-state index contributed by atoms with van der Waals surface area (Å²) in [7, 11) is 3.36. The lowest BCUT2D eigenvalue weighted by atomic mass is 10.1. The molecule has 2 aromatic rings. The fourth-order valence-electron chi connectivity index (χ4n) is 1.74. The van der Waals surface area contributed by atoms with Gasteiger partial charge in [-0.25, -0.2) is 0 Å². The van der Waals surface area contributed by atoms with Crippen LogP contribution in [0.4, 0.5) is 5.69 Å². The maximum absolute atomic E-state index is 12.0. The molecule has 0 radical (unpaired) electrons. The molecule has 0 saturated heterocycles. The van der Waals surface area contributed by atoms with Crippen molar-refractivity contribution in [3.8, 4) is 0 Å².